The van der Waals surface area contributed by atoms with Gasteiger partial charge in [-0.1, -0.05) is 50.2 Å². The third-order valence-electron chi connectivity index (χ3n) is 5.30. The smallest absolute Gasteiger partial charge is 0.251 e. The number of nitrogens with zero attached hydrogens (tertiary/aromatic N) is 1. The summed E-state index contributed by atoms with van der Waals surface area (Å²) in [6.07, 6.45) is 1.93. The Morgan fingerprint density at radius 3 is 2.29 bits per heavy atom. The van der Waals surface area contributed by atoms with Gasteiger partial charge in [0.2, 0.25) is 0 Å². The minimum Gasteiger partial charge on any atom is -0.379 e. The Bertz CT molecular complexity index is 732. The first-order valence-corrected chi connectivity index (χ1v) is 10.4. The van der Waals surface area contributed by atoms with Crippen LogP contribution in [0.3, 0.4) is 0 Å². The van der Waals surface area contributed by atoms with Crippen molar-refractivity contribution in [3.8, 4) is 0 Å². The Labute approximate surface area is 168 Å². The molecule has 4 nitrogen and oxygen atoms in total. The molecule has 0 radical (unpaired) electrons. The van der Waals surface area contributed by atoms with Gasteiger partial charge in [0.25, 0.3) is 5.91 Å². The molecular formula is C24H32N2O2. The normalized spacial score (nSPS) is 15.0. The fourth-order valence-corrected chi connectivity index (χ4v) is 3.44. The Morgan fingerprint density at radius 2 is 1.64 bits per heavy atom. The average Bonchev–Trinajstić information content (AvgIpc) is 2.72. The van der Waals surface area contributed by atoms with Crippen LogP contribution in [0.4, 0.5) is 0 Å². The minimum atomic E-state index is 0.00748. The summed E-state index contributed by atoms with van der Waals surface area (Å²) in [5.41, 5.74) is 4.66. The molecule has 1 saturated heterocycles. The molecule has 4 heteroatoms. The number of hydrogen-bond donors (Lipinski definition) is 1. The van der Waals surface area contributed by atoms with Crippen molar-refractivity contribution in [2.75, 3.05) is 32.8 Å². The summed E-state index contributed by atoms with van der Waals surface area (Å²) >= 11 is 0. The van der Waals surface area contributed by atoms with E-state index in [1.807, 2.05) is 12.1 Å². The topological polar surface area (TPSA) is 41.6 Å². The second kappa shape index (κ2) is 10.4. The van der Waals surface area contributed by atoms with Crippen molar-refractivity contribution in [1.82, 2.24) is 10.2 Å². The van der Waals surface area contributed by atoms with Gasteiger partial charge >= 0.3 is 0 Å². The van der Waals surface area contributed by atoms with Crippen LogP contribution < -0.4 is 5.32 Å². The van der Waals surface area contributed by atoms with Gasteiger partial charge in [0.1, 0.15) is 0 Å². The molecule has 2 aromatic carbocycles. The van der Waals surface area contributed by atoms with E-state index in [1.165, 1.54) is 16.7 Å². The summed E-state index contributed by atoms with van der Waals surface area (Å²) in [6.45, 7) is 9.59. The zero-order valence-corrected chi connectivity index (χ0v) is 17.1. The molecule has 1 aliphatic rings. The lowest BCUT2D eigenvalue weighted by molar-refractivity contribution is 0.0342. The first-order valence-electron chi connectivity index (χ1n) is 10.4. The number of ether oxygens (including phenoxy) is 1. The predicted octanol–water partition coefficient (Wildman–Crippen LogP) is 4.00. The molecule has 0 bridgehead atoms. The van der Waals surface area contributed by atoms with Crippen LogP contribution >= 0.6 is 0 Å². The fraction of sp³-hybridized carbons (Fsp3) is 0.458. The lowest BCUT2D eigenvalue weighted by Gasteiger charge is -2.26. The number of hydrogen-bond acceptors (Lipinski definition) is 3. The molecule has 0 atom stereocenters. The Balaban J connectivity index is 1.39. The second-order valence-electron chi connectivity index (χ2n) is 7.84. The van der Waals surface area contributed by atoms with E-state index in [-0.39, 0.29) is 5.91 Å². The van der Waals surface area contributed by atoms with E-state index in [0.717, 1.165) is 51.3 Å². The van der Waals surface area contributed by atoms with E-state index < -0.39 is 0 Å². The van der Waals surface area contributed by atoms with E-state index in [1.54, 1.807) is 0 Å². The maximum absolute atomic E-state index is 12.3. The third-order valence-corrected chi connectivity index (χ3v) is 5.30. The van der Waals surface area contributed by atoms with Crippen molar-refractivity contribution in [3.05, 3.63) is 70.8 Å². The molecular weight excluding hydrogens is 348 g/mol. The highest BCUT2D eigenvalue weighted by Crippen LogP contribution is 2.15. The number of nitrogens with one attached hydrogen (secondary N) is 1. The van der Waals surface area contributed by atoms with Crippen molar-refractivity contribution in [2.24, 2.45) is 0 Å². The largest absolute Gasteiger partial charge is 0.379 e. The van der Waals surface area contributed by atoms with Gasteiger partial charge in [0.05, 0.1) is 13.2 Å². The number of amides is 1. The number of carbonyl (C=O) groups is 1. The Kier molecular flexibility index (Phi) is 7.63. The highest BCUT2D eigenvalue weighted by atomic mass is 16.5. The quantitative estimate of drug-likeness (QED) is 0.704. The molecule has 0 aliphatic carbocycles. The third kappa shape index (κ3) is 6.18. The SMILES string of the molecule is CC(C)c1ccc(CCCNC(=O)c2ccc(CN3CCOCC3)cc2)cc1. The van der Waals surface area contributed by atoms with Gasteiger partial charge in [-0.15, -0.1) is 0 Å². The van der Waals surface area contributed by atoms with E-state index in [0.29, 0.717) is 12.5 Å². The lowest BCUT2D eigenvalue weighted by Crippen LogP contribution is -2.35. The molecule has 28 heavy (non-hydrogen) atoms. The van der Waals surface area contributed by atoms with Crippen LogP contribution in [0.1, 0.15) is 53.2 Å². The number of carbonyl (C=O) groups excluding carboxylic acids is 1. The molecule has 150 valence electrons. The average molecular weight is 381 g/mol. The number of aryl methyl sites for hydroxylation is 1. The summed E-state index contributed by atoms with van der Waals surface area (Å²) < 4.78 is 5.38. The molecule has 0 spiro atoms. The molecule has 0 saturated carbocycles. The molecule has 1 aliphatic heterocycles. The van der Waals surface area contributed by atoms with Gasteiger partial charge in [-0.05, 0) is 47.6 Å². The van der Waals surface area contributed by atoms with Gasteiger partial charge < -0.3 is 10.1 Å². The van der Waals surface area contributed by atoms with E-state index >= 15 is 0 Å². The Morgan fingerprint density at radius 1 is 1.00 bits per heavy atom. The molecule has 0 aromatic heterocycles. The van der Waals surface area contributed by atoms with Crippen LogP contribution in [-0.2, 0) is 17.7 Å². The molecule has 0 unspecified atom stereocenters. The summed E-state index contributed by atoms with van der Waals surface area (Å²) in [7, 11) is 0. The van der Waals surface area contributed by atoms with Gasteiger partial charge in [-0.25, -0.2) is 0 Å². The van der Waals surface area contributed by atoms with Crippen molar-refractivity contribution in [3.63, 3.8) is 0 Å². The highest BCUT2D eigenvalue weighted by molar-refractivity contribution is 5.94. The monoisotopic (exact) mass is 380 g/mol. The lowest BCUT2D eigenvalue weighted by atomic mass is 10.0. The zero-order valence-electron chi connectivity index (χ0n) is 17.1. The minimum absolute atomic E-state index is 0.00748. The maximum Gasteiger partial charge on any atom is 0.251 e. The highest BCUT2D eigenvalue weighted by Gasteiger charge is 2.11. The number of benzene rings is 2. The molecule has 2 aromatic rings. The summed E-state index contributed by atoms with van der Waals surface area (Å²) in [6, 6.07) is 16.8. The number of rotatable bonds is 8. The molecule has 1 heterocycles. The van der Waals surface area contributed by atoms with Gasteiger partial charge in [0.15, 0.2) is 0 Å². The van der Waals surface area contributed by atoms with Crippen molar-refractivity contribution in [1.29, 1.82) is 0 Å². The Hall–Kier alpha value is -2.17. The van der Waals surface area contributed by atoms with E-state index in [9.17, 15) is 4.79 Å². The van der Waals surface area contributed by atoms with E-state index in [4.69, 9.17) is 4.74 Å². The van der Waals surface area contributed by atoms with Crippen molar-refractivity contribution in [2.45, 2.75) is 39.2 Å². The first kappa shape index (κ1) is 20.6. The van der Waals surface area contributed by atoms with Crippen LogP contribution in [0.25, 0.3) is 0 Å². The molecule has 1 amide bonds. The van der Waals surface area contributed by atoms with Crippen LogP contribution in [-0.4, -0.2) is 43.7 Å². The standard InChI is InChI=1S/C24H32N2O2/c1-19(2)22-9-5-20(6-10-22)4-3-13-25-24(27)23-11-7-21(8-12-23)18-26-14-16-28-17-15-26/h5-12,19H,3-4,13-18H2,1-2H3,(H,25,27). The second-order valence-corrected chi connectivity index (χ2v) is 7.84. The first-order chi connectivity index (χ1) is 13.6. The summed E-state index contributed by atoms with van der Waals surface area (Å²) in [4.78, 5) is 14.7. The van der Waals surface area contributed by atoms with Gasteiger partial charge in [-0.3, -0.25) is 9.69 Å². The van der Waals surface area contributed by atoms with Crippen molar-refractivity contribution >= 4 is 5.91 Å². The summed E-state index contributed by atoms with van der Waals surface area (Å²) in [5.74, 6) is 0.571. The zero-order chi connectivity index (χ0) is 19.8. The predicted molar refractivity (Wildman–Crippen MR) is 114 cm³/mol. The summed E-state index contributed by atoms with van der Waals surface area (Å²) in [5, 5.41) is 3.03. The maximum atomic E-state index is 12.3. The van der Waals surface area contributed by atoms with Gasteiger partial charge in [-0.2, -0.15) is 0 Å². The van der Waals surface area contributed by atoms with Crippen molar-refractivity contribution < 1.29 is 9.53 Å². The number of morpholine rings is 1. The van der Waals surface area contributed by atoms with Crippen LogP contribution in [0.2, 0.25) is 0 Å². The molecule has 3 rings (SSSR count). The molecule has 1 fully saturated rings. The van der Waals surface area contributed by atoms with Crippen LogP contribution in [0, 0.1) is 0 Å². The van der Waals surface area contributed by atoms with E-state index in [2.05, 4.69) is 60.5 Å². The van der Waals surface area contributed by atoms with Gasteiger partial charge in [0, 0.05) is 31.7 Å². The van der Waals surface area contributed by atoms with Crippen LogP contribution in [0.15, 0.2) is 48.5 Å². The fourth-order valence-electron chi connectivity index (χ4n) is 3.44. The van der Waals surface area contributed by atoms with Crippen LogP contribution in [0.5, 0.6) is 0 Å². The molecule has 1 N–H and O–H groups in total.